The van der Waals surface area contributed by atoms with Gasteiger partial charge in [0.05, 0.1) is 5.69 Å². The van der Waals surface area contributed by atoms with Crippen LogP contribution in [-0.4, -0.2) is 12.3 Å². The van der Waals surface area contributed by atoms with E-state index in [4.69, 9.17) is 4.74 Å². The van der Waals surface area contributed by atoms with Gasteiger partial charge in [-0.05, 0) is 48.5 Å². The zero-order valence-electron chi connectivity index (χ0n) is 13.3. The Labute approximate surface area is 145 Å². The Morgan fingerprint density at radius 3 is 2.24 bits per heavy atom. The van der Waals surface area contributed by atoms with Gasteiger partial charge < -0.3 is 15.4 Å². The Morgan fingerprint density at radius 2 is 1.52 bits per heavy atom. The maximum Gasteiger partial charge on any atom is 0.255 e. The molecule has 3 rings (SSSR count). The highest BCUT2D eigenvalue weighted by atomic mass is 16.5. The summed E-state index contributed by atoms with van der Waals surface area (Å²) < 4.78 is 5.83. The number of anilines is 2. The summed E-state index contributed by atoms with van der Waals surface area (Å²) in [5.74, 6) is 0.983. The average molecular weight is 332 g/mol. The smallest absolute Gasteiger partial charge is 0.255 e. The molecule has 0 heterocycles. The minimum absolute atomic E-state index is 0.262. The minimum atomic E-state index is -0.262. The predicted molar refractivity (Wildman–Crippen MR) is 97.0 cm³/mol. The second kappa shape index (κ2) is 7.79. The Balaban J connectivity index is 1.76. The van der Waals surface area contributed by atoms with Crippen molar-refractivity contribution in [2.75, 3.05) is 10.6 Å². The van der Waals surface area contributed by atoms with Crippen LogP contribution in [0.1, 0.15) is 10.4 Å². The molecule has 0 spiro atoms. The molecule has 0 bridgehead atoms. The van der Waals surface area contributed by atoms with Crippen molar-refractivity contribution in [3.8, 4) is 11.5 Å². The fourth-order valence-corrected chi connectivity index (χ4v) is 2.25. The van der Waals surface area contributed by atoms with Crippen LogP contribution in [-0.2, 0) is 4.79 Å². The van der Waals surface area contributed by atoms with Gasteiger partial charge in [0.1, 0.15) is 5.75 Å². The highest BCUT2D eigenvalue weighted by Gasteiger charge is 2.10. The Bertz CT molecular complexity index is 862. The summed E-state index contributed by atoms with van der Waals surface area (Å²) in [6, 6.07) is 23.2. The fourth-order valence-electron chi connectivity index (χ4n) is 2.25. The van der Waals surface area contributed by atoms with Crippen molar-refractivity contribution in [1.29, 1.82) is 0 Å². The lowest BCUT2D eigenvalue weighted by atomic mass is 10.2. The lowest BCUT2D eigenvalue weighted by molar-refractivity contribution is -0.105. The van der Waals surface area contributed by atoms with Gasteiger partial charge in [-0.2, -0.15) is 0 Å². The quantitative estimate of drug-likeness (QED) is 0.661. The summed E-state index contributed by atoms with van der Waals surface area (Å²) in [4.78, 5) is 22.8. The molecule has 0 aromatic heterocycles. The monoisotopic (exact) mass is 332 g/mol. The zero-order valence-corrected chi connectivity index (χ0v) is 13.3. The van der Waals surface area contributed by atoms with Crippen molar-refractivity contribution in [2.45, 2.75) is 0 Å². The SMILES string of the molecule is O=CNc1ccc(C(=O)Nc2ccccc2Oc2ccccc2)cc1. The summed E-state index contributed by atoms with van der Waals surface area (Å²) in [7, 11) is 0. The normalized spacial score (nSPS) is 9.92. The summed E-state index contributed by atoms with van der Waals surface area (Å²) in [6.45, 7) is 0. The first-order valence-electron chi connectivity index (χ1n) is 7.70. The summed E-state index contributed by atoms with van der Waals surface area (Å²) >= 11 is 0. The van der Waals surface area contributed by atoms with Gasteiger partial charge in [0, 0.05) is 11.3 Å². The number of hydrogen-bond donors (Lipinski definition) is 2. The van der Waals surface area contributed by atoms with Crippen molar-refractivity contribution in [2.24, 2.45) is 0 Å². The molecule has 3 aromatic rings. The Morgan fingerprint density at radius 1 is 0.840 bits per heavy atom. The van der Waals surface area contributed by atoms with E-state index in [0.717, 1.165) is 0 Å². The molecule has 0 aliphatic heterocycles. The van der Waals surface area contributed by atoms with E-state index in [1.807, 2.05) is 42.5 Å². The number of nitrogens with one attached hydrogen (secondary N) is 2. The fraction of sp³-hybridized carbons (Fsp3) is 0. The van der Waals surface area contributed by atoms with Crippen LogP contribution in [0.4, 0.5) is 11.4 Å². The number of rotatable bonds is 6. The lowest BCUT2D eigenvalue weighted by Gasteiger charge is -2.12. The molecule has 124 valence electrons. The van der Waals surface area contributed by atoms with Crippen LogP contribution in [0.15, 0.2) is 78.9 Å². The molecule has 3 aromatic carbocycles. The molecule has 0 aliphatic rings. The number of amides is 2. The van der Waals surface area contributed by atoms with Gasteiger partial charge in [0.2, 0.25) is 6.41 Å². The number of hydrogen-bond acceptors (Lipinski definition) is 3. The minimum Gasteiger partial charge on any atom is -0.455 e. The van der Waals surface area contributed by atoms with Crippen LogP contribution in [0.2, 0.25) is 0 Å². The number of benzene rings is 3. The summed E-state index contributed by atoms with van der Waals surface area (Å²) in [5, 5.41) is 5.37. The highest BCUT2D eigenvalue weighted by molar-refractivity contribution is 6.05. The topological polar surface area (TPSA) is 67.4 Å². The molecule has 2 N–H and O–H groups in total. The predicted octanol–water partition coefficient (Wildman–Crippen LogP) is 4.30. The van der Waals surface area contributed by atoms with Crippen molar-refractivity contribution in [3.05, 3.63) is 84.4 Å². The molecular weight excluding hydrogens is 316 g/mol. The molecule has 5 nitrogen and oxygen atoms in total. The molecule has 0 radical (unpaired) electrons. The molecule has 2 amide bonds. The van der Waals surface area contributed by atoms with E-state index >= 15 is 0 Å². The molecule has 5 heteroatoms. The van der Waals surface area contributed by atoms with E-state index in [-0.39, 0.29) is 5.91 Å². The second-order valence-electron chi connectivity index (χ2n) is 5.20. The molecule has 0 saturated carbocycles. The van der Waals surface area contributed by atoms with Crippen LogP contribution in [0.5, 0.6) is 11.5 Å². The van der Waals surface area contributed by atoms with Gasteiger partial charge in [0.25, 0.3) is 5.91 Å². The third-order valence-electron chi connectivity index (χ3n) is 3.48. The van der Waals surface area contributed by atoms with Crippen molar-refractivity contribution in [1.82, 2.24) is 0 Å². The van der Waals surface area contributed by atoms with E-state index in [1.54, 1.807) is 36.4 Å². The van der Waals surface area contributed by atoms with E-state index in [9.17, 15) is 9.59 Å². The largest absolute Gasteiger partial charge is 0.455 e. The molecule has 0 fully saturated rings. The van der Waals surface area contributed by atoms with Crippen molar-refractivity contribution < 1.29 is 14.3 Å². The van der Waals surface area contributed by atoms with Gasteiger partial charge in [-0.1, -0.05) is 30.3 Å². The maximum absolute atomic E-state index is 12.4. The average Bonchev–Trinajstić information content (AvgIpc) is 2.65. The molecule has 0 saturated heterocycles. The van der Waals surface area contributed by atoms with Crippen molar-refractivity contribution >= 4 is 23.7 Å². The first-order chi connectivity index (χ1) is 12.3. The van der Waals surface area contributed by atoms with Crippen molar-refractivity contribution in [3.63, 3.8) is 0 Å². The number of ether oxygens (including phenoxy) is 1. The molecule has 0 atom stereocenters. The number of carbonyl (C=O) groups is 2. The molecule has 25 heavy (non-hydrogen) atoms. The third kappa shape index (κ3) is 4.23. The molecule has 0 aliphatic carbocycles. The standard InChI is InChI=1S/C20H16N2O3/c23-14-21-16-12-10-15(11-13-16)20(24)22-18-8-4-5-9-19(18)25-17-6-2-1-3-7-17/h1-14H,(H,21,23)(H,22,24). The third-order valence-corrected chi connectivity index (χ3v) is 3.48. The maximum atomic E-state index is 12.4. The Kier molecular flexibility index (Phi) is 5.07. The van der Waals surface area contributed by atoms with Crippen LogP contribution < -0.4 is 15.4 Å². The van der Waals surface area contributed by atoms with Gasteiger partial charge in [-0.25, -0.2) is 0 Å². The lowest BCUT2D eigenvalue weighted by Crippen LogP contribution is -2.12. The van der Waals surface area contributed by atoms with Crippen LogP contribution >= 0.6 is 0 Å². The van der Waals surface area contributed by atoms with E-state index in [0.29, 0.717) is 34.8 Å². The first kappa shape index (κ1) is 16.3. The Hall–Kier alpha value is -3.60. The second-order valence-corrected chi connectivity index (χ2v) is 5.20. The van der Waals surface area contributed by atoms with Gasteiger partial charge in [-0.15, -0.1) is 0 Å². The van der Waals surface area contributed by atoms with E-state index in [1.165, 1.54) is 0 Å². The molecule has 0 unspecified atom stereocenters. The highest BCUT2D eigenvalue weighted by Crippen LogP contribution is 2.29. The number of carbonyl (C=O) groups excluding carboxylic acids is 2. The first-order valence-corrected chi connectivity index (χ1v) is 7.70. The van der Waals surface area contributed by atoms with Crippen LogP contribution in [0.3, 0.4) is 0 Å². The van der Waals surface area contributed by atoms with Gasteiger partial charge in [-0.3, -0.25) is 9.59 Å². The van der Waals surface area contributed by atoms with Gasteiger partial charge >= 0.3 is 0 Å². The summed E-state index contributed by atoms with van der Waals surface area (Å²) in [5.41, 5.74) is 1.68. The zero-order chi connectivity index (χ0) is 17.5. The van der Waals surface area contributed by atoms with Gasteiger partial charge in [0.15, 0.2) is 5.75 Å². The molecular formula is C20H16N2O3. The summed E-state index contributed by atoms with van der Waals surface area (Å²) in [6.07, 6.45) is 0.590. The van der Waals surface area contributed by atoms with Crippen LogP contribution in [0.25, 0.3) is 0 Å². The number of para-hydroxylation sites is 3. The van der Waals surface area contributed by atoms with E-state index in [2.05, 4.69) is 10.6 Å². The van der Waals surface area contributed by atoms with Crippen LogP contribution in [0, 0.1) is 0 Å². The van der Waals surface area contributed by atoms with E-state index < -0.39 is 0 Å².